The Kier molecular flexibility index (Phi) is 9.86. The number of benzene rings is 1. The van der Waals surface area contributed by atoms with Crippen LogP contribution < -0.4 is 15.3 Å². The van der Waals surface area contributed by atoms with Crippen LogP contribution in [0.5, 0.6) is 5.75 Å². The van der Waals surface area contributed by atoms with Gasteiger partial charge in [-0.1, -0.05) is 46.8 Å². The van der Waals surface area contributed by atoms with Crippen LogP contribution in [0.4, 0.5) is 5.82 Å². The normalized spacial score (nSPS) is 26.8. The van der Waals surface area contributed by atoms with E-state index in [9.17, 15) is 24.2 Å². The highest BCUT2D eigenvalue weighted by atomic mass is 31.2. The van der Waals surface area contributed by atoms with Crippen LogP contribution >= 0.6 is 7.75 Å². The summed E-state index contributed by atoms with van der Waals surface area (Å²) < 4.78 is 52.0. The summed E-state index contributed by atoms with van der Waals surface area (Å²) in [6, 6.07) is 10.9. The third-order valence-electron chi connectivity index (χ3n) is 9.35. The molecule has 0 spiro atoms. The number of hydrogen-bond donors (Lipinski definition) is 2. The van der Waals surface area contributed by atoms with Crippen molar-refractivity contribution in [1.29, 1.82) is 5.26 Å². The minimum Gasteiger partial charge on any atom is -0.464 e. The number of carbonyl (C=O) groups excluding carboxylic acids is 3. The highest BCUT2D eigenvalue weighted by Gasteiger charge is 2.88. The number of carbonyl (C=O) groups is 3. The van der Waals surface area contributed by atoms with Crippen molar-refractivity contribution in [1.82, 2.24) is 19.7 Å². The van der Waals surface area contributed by atoms with Crippen molar-refractivity contribution >= 4 is 37.0 Å². The first-order valence-electron chi connectivity index (χ1n) is 17.2. The molecule has 1 aliphatic heterocycles. The first-order valence-corrected chi connectivity index (χ1v) is 18.8. The average Bonchev–Trinajstić information content (AvgIpc) is 3.95. The second-order valence-electron chi connectivity index (χ2n) is 14.3. The van der Waals surface area contributed by atoms with Crippen molar-refractivity contribution in [2.75, 3.05) is 12.3 Å². The van der Waals surface area contributed by atoms with E-state index in [-0.39, 0.29) is 48.0 Å². The van der Waals surface area contributed by atoms with E-state index in [1.165, 1.54) is 23.8 Å². The van der Waals surface area contributed by atoms with E-state index in [0.29, 0.717) is 5.52 Å². The zero-order chi connectivity index (χ0) is 37.6. The first-order chi connectivity index (χ1) is 24.6. The Labute approximate surface area is 300 Å². The van der Waals surface area contributed by atoms with Crippen molar-refractivity contribution in [3.63, 3.8) is 0 Å². The van der Waals surface area contributed by atoms with E-state index >= 15 is 0 Å². The van der Waals surface area contributed by atoms with E-state index < -0.39 is 61.2 Å². The fraction of sp³-hybridized carbons (Fsp3) is 0.543. The third-order valence-corrected chi connectivity index (χ3v) is 11.0. The number of nitrogens with two attached hydrogens (primary N) is 1. The lowest BCUT2D eigenvalue weighted by molar-refractivity contribution is -0.183. The van der Waals surface area contributed by atoms with Crippen molar-refractivity contribution in [2.24, 2.45) is 5.92 Å². The molecule has 0 bridgehead atoms. The lowest BCUT2D eigenvalue weighted by Crippen LogP contribution is -2.51. The van der Waals surface area contributed by atoms with Crippen molar-refractivity contribution < 1.29 is 46.9 Å². The monoisotopic (exact) mass is 738 g/mol. The number of fused-ring (bicyclic) bond motifs is 2. The van der Waals surface area contributed by atoms with E-state index in [0.717, 1.165) is 18.4 Å². The van der Waals surface area contributed by atoms with Gasteiger partial charge in [-0.25, -0.2) is 14.1 Å². The lowest BCUT2D eigenvalue weighted by atomic mass is 9.87. The molecule has 3 aromatic rings. The molecule has 2 unspecified atom stereocenters. The maximum atomic E-state index is 14.8. The van der Waals surface area contributed by atoms with Gasteiger partial charge in [0.25, 0.3) is 0 Å². The van der Waals surface area contributed by atoms with Crippen LogP contribution in [0, 0.1) is 17.2 Å². The molecular weight excluding hydrogens is 695 g/mol. The van der Waals surface area contributed by atoms with Crippen molar-refractivity contribution in [3.05, 3.63) is 54.0 Å². The maximum Gasteiger partial charge on any atom is 0.459 e. The van der Waals surface area contributed by atoms with Gasteiger partial charge in [-0.05, 0) is 60.9 Å². The molecule has 7 atom stereocenters. The van der Waals surface area contributed by atoms with E-state index in [1.54, 1.807) is 32.0 Å². The molecule has 278 valence electrons. The molecule has 2 aliphatic carbocycles. The zero-order valence-corrected chi connectivity index (χ0v) is 30.8. The summed E-state index contributed by atoms with van der Waals surface area (Å²) in [6.45, 7) is 10.9. The summed E-state index contributed by atoms with van der Waals surface area (Å²) in [7, 11) is -4.59. The number of ether oxygens (including phenoxy) is 4. The molecule has 2 saturated carbocycles. The molecule has 3 aliphatic rings. The Bertz CT molecular complexity index is 1950. The fourth-order valence-corrected chi connectivity index (χ4v) is 7.88. The van der Waals surface area contributed by atoms with Gasteiger partial charge in [0.2, 0.25) is 11.2 Å². The molecule has 2 aromatic heterocycles. The van der Waals surface area contributed by atoms with Gasteiger partial charge in [0.15, 0.2) is 11.9 Å². The Morgan fingerprint density at radius 2 is 1.83 bits per heavy atom. The molecule has 6 rings (SSSR count). The van der Waals surface area contributed by atoms with Crippen LogP contribution in [0.2, 0.25) is 0 Å². The highest BCUT2D eigenvalue weighted by molar-refractivity contribution is 7.52. The van der Waals surface area contributed by atoms with E-state index in [1.807, 2.05) is 32.9 Å². The van der Waals surface area contributed by atoms with Crippen molar-refractivity contribution in [3.8, 4) is 11.8 Å². The average molecular weight is 739 g/mol. The first kappa shape index (κ1) is 37.2. The molecule has 16 nitrogen and oxygen atoms in total. The number of nitrogens with one attached hydrogen (secondary N) is 1. The summed E-state index contributed by atoms with van der Waals surface area (Å²) in [5.74, 6) is -1.62. The van der Waals surface area contributed by atoms with E-state index in [2.05, 4.69) is 21.2 Å². The molecule has 17 heteroatoms. The number of nitrogen functional groups attached to an aromatic ring is 1. The molecule has 1 aromatic carbocycles. The van der Waals surface area contributed by atoms with Crippen LogP contribution in [0.15, 0.2) is 42.7 Å². The van der Waals surface area contributed by atoms with E-state index in [4.69, 9.17) is 33.7 Å². The summed E-state index contributed by atoms with van der Waals surface area (Å²) >= 11 is 0. The molecule has 0 amide bonds. The van der Waals surface area contributed by atoms with Crippen LogP contribution in [-0.2, 0) is 53.4 Å². The number of nitrogens with zero attached hydrogens (tertiary/aromatic N) is 4. The Morgan fingerprint density at radius 1 is 1.13 bits per heavy atom. The van der Waals surface area contributed by atoms with Crippen LogP contribution in [-0.4, -0.2) is 69.1 Å². The number of rotatable bonds is 14. The Hall–Kier alpha value is -4.55. The second-order valence-corrected chi connectivity index (χ2v) is 15.9. The molecule has 3 fully saturated rings. The maximum absolute atomic E-state index is 14.8. The van der Waals surface area contributed by atoms with Gasteiger partial charge >= 0.3 is 25.7 Å². The van der Waals surface area contributed by atoms with Gasteiger partial charge in [0, 0.05) is 12.8 Å². The third kappa shape index (κ3) is 6.86. The Balaban J connectivity index is 1.39. The predicted molar refractivity (Wildman–Crippen MR) is 183 cm³/mol. The number of esters is 3. The predicted octanol–water partition coefficient (Wildman–Crippen LogP) is 4.26. The second kappa shape index (κ2) is 13.8. The molecule has 52 heavy (non-hydrogen) atoms. The standard InChI is InChI=1S/C35H43N6O10P/c1-7-26(42)47-32-34(18-36,25-16-15-24-30(37)38-19-39-41(24)25)49-28-29(35(28,32)48-27(43)8-2)51-52(45,40-20(3)31(44)46-17-21-9-10-21)50-23-13-11-22(12-14-23)33(4,5)6/h11-16,19-21,28-29,32H,7-10,17H2,1-6H3,(H,40,45)(H2,37,38,39)/t20-,28+,29?,32-,34-,35-,52?/m0/s1. The van der Waals surface area contributed by atoms with Crippen LogP contribution in [0.1, 0.15) is 78.5 Å². The van der Waals surface area contributed by atoms with Crippen molar-refractivity contribution in [2.45, 2.75) is 108 Å². The summed E-state index contributed by atoms with van der Waals surface area (Å²) in [5.41, 5.74) is 3.21. The number of anilines is 1. The lowest BCUT2D eigenvalue weighted by Gasteiger charge is -2.34. The molecule has 3 N–H and O–H groups in total. The number of nitriles is 1. The Morgan fingerprint density at radius 3 is 2.44 bits per heavy atom. The SMILES string of the molecule is CCC(=O)O[C@@H]1[C@@]2(OC(=O)CC)C(OP(=O)(N[C@@H](C)C(=O)OCC3CC3)Oc3ccc(C(C)(C)C)cc3)[C@H]2O[C@@]1(C#N)c1ccc2c(N)ncnn12. The highest BCUT2D eigenvalue weighted by Crippen LogP contribution is 2.66. The van der Waals surface area contributed by atoms with Gasteiger partial charge in [0.1, 0.15) is 41.9 Å². The molecule has 0 radical (unpaired) electrons. The number of hydrogen-bond acceptors (Lipinski definition) is 14. The van der Waals surface area contributed by atoms with Gasteiger partial charge in [0.05, 0.1) is 12.3 Å². The summed E-state index contributed by atoms with van der Waals surface area (Å²) in [4.78, 5) is 43.1. The smallest absolute Gasteiger partial charge is 0.459 e. The van der Waals surface area contributed by atoms with Gasteiger partial charge in [-0.15, -0.1) is 0 Å². The topological polar surface area (TPSA) is 216 Å². The summed E-state index contributed by atoms with van der Waals surface area (Å²) in [5, 5.41) is 17.7. The van der Waals surface area contributed by atoms with Gasteiger partial charge < -0.3 is 29.2 Å². The minimum atomic E-state index is -4.59. The van der Waals surface area contributed by atoms with Gasteiger partial charge in [-0.2, -0.15) is 15.4 Å². The van der Waals surface area contributed by atoms with Crippen LogP contribution in [0.25, 0.3) is 5.52 Å². The summed E-state index contributed by atoms with van der Waals surface area (Å²) in [6.07, 6.45) is -1.49. The fourth-order valence-electron chi connectivity index (χ4n) is 6.17. The largest absolute Gasteiger partial charge is 0.464 e. The molecular formula is C35H43N6O10P. The molecule has 3 heterocycles. The van der Waals surface area contributed by atoms with Gasteiger partial charge in [-0.3, -0.25) is 18.9 Å². The number of aromatic nitrogens is 3. The minimum absolute atomic E-state index is 0.106. The quantitative estimate of drug-likeness (QED) is 0.134. The zero-order valence-electron chi connectivity index (χ0n) is 29.9. The van der Waals surface area contributed by atoms with Crippen LogP contribution in [0.3, 0.4) is 0 Å². The molecule has 1 saturated heterocycles.